The molecule has 0 fully saturated rings. The van der Waals surface area contributed by atoms with Gasteiger partial charge < -0.3 is 5.32 Å². The number of nitro benzene ring substituents is 1. The van der Waals surface area contributed by atoms with Gasteiger partial charge >= 0.3 is 0 Å². The normalized spacial score (nSPS) is 12.1. The molecule has 2 aromatic rings. The summed E-state index contributed by atoms with van der Waals surface area (Å²) in [5, 5.41) is 18.1. The fraction of sp³-hybridized carbons (Fsp3) is 0.167. The van der Waals surface area contributed by atoms with Crippen molar-refractivity contribution in [3.05, 3.63) is 55.2 Å². The lowest BCUT2D eigenvalue weighted by molar-refractivity contribution is -0.384. The van der Waals surface area contributed by atoms with Gasteiger partial charge in [0.05, 0.1) is 4.92 Å². The highest BCUT2D eigenvalue weighted by Crippen LogP contribution is 2.31. The topological polar surface area (TPSA) is 55.2 Å². The van der Waals surface area contributed by atoms with E-state index in [0.717, 1.165) is 10.0 Å². The van der Waals surface area contributed by atoms with Crippen LogP contribution in [0.2, 0.25) is 0 Å². The van der Waals surface area contributed by atoms with Crippen molar-refractivity contribution in [3.8, 4) is 0 Å². The van der Waals surface area contributed by atoms with Crippen LogP contribution < -0.4 is 5.32 Å². The molecule has 0 saturated heterocycles. The van der Waals surface area contributed by atoms with Gasteiger partial charge in [-0.25, -0.2) is 0 Å². The number of rotatable bonds is 4. The standard InChI is InChI=1S/C12H11BrN2O2S/c1-8(9-4-5-18-7-9)14-11-6-10(13)2-3-12(11)15(16)17/h2-8,14H,1H3. The van der Waals surface area contributed by atoms with Gasteiger partial charge in [0.1, 0.15) is 5.69 Å². The molecule has 1 aromatic heterocycles. The smallest absolute Gasteiger partial charge is 0.292 e. The summed E-state index contributed by atoms with van der Waals surface area (Å²) in [4.78, 5) is 10.6. The van der Waals surface area contributed by atoms with Crippen LogP contribution >= 0.6 is 27.3 Å². The Labute approximate surface area is 117 Å². The Balaban J connectivity index is 2.28. The summed E-state index contributed by atoms with van der Waals surface area (Å²) in [5.41, 5.74) is 1.72. The molecule has 0 bridgehead atoms. The third kappa shape index (κ3) is 2.88. The Morgan fingerprint density at radius 2 is 2.22 bits per heavy atom. The first-order chi connectivity index (χ1) is 8.58. The highest BCUT2D eigenvalue weighted by atomic mass is 79.9. The molecule has 0 radical (unpaired) electrons. The van der Waals surface area contributed by atoms with Crippen molar-refractivity contribution >= 4 is 38.6 Å². The van der Waals surface area contributed by atoms with Crippen LogP contribution in [-0.2, 0) is 0 Å². The Hall–Kier alpha value is -1.40. The first kappa shape index (κ1) is 13.0. The van der Waals surface area contributed by atoms with Crippen LogP contribution in [0.15, 0.2) is 39.5 Å². The molecule has 0 amide bonds. The van der Waals surface area contributed by atoms with Crippen LogP contribution in [0.1, 0.15) is 18.5 Å². The van der Waals surface area contributed by atoms with Crippen LogP contribution in [0, 0.1) is 10.1 Å². The van der Waals surface area contributed by atoms with E-state index in [9.17, 15) is 10.1 Å². The lowest BCUT2D eigenvalue weighted by Gasteiger charge is -2.14. The zero-order valence-corrected chi connectivity index (χ0v) is 12.0. The second-order valence-electron chi connectivity index (χ2n) is 3.84. The van der Waals surface area contributed by atoms with Crippen LogP contribution in [0.4, 0.5) is 11.4 Å². The quantitative estimate of drug-likeness (QED) is 0.660. The lowest BCUT2D eigenvalue weighted by Crippen LogP contribution is -2.07. The summed E-state index contributed by atoms with van der Waals surface area (Å²) in [6, 6.07) is 6.92. The zero-order chi connectivity index (χ0) is 13.1. The molecule has 2 rings (SSSR count). The average Bonchev–Trinajstić information content (AvgIpc) is 2.81. The molecule has 1 unspecified atom stereocenters. The minimum atomic E-state index is -0.380. The molecule has 1 atom stereocenters. The van der Waals surface area contributed by atoms with Crippen LogP contribution in [0.3, 0.4) is 0 Å². The molecule has 18 heavy (non-hydrogen) atoms. The second-order valence-corrected chi connectivity index (χ2v) is 5.54. The number of hydrogen-bond donors (Lipinski definition) is 1. The van der Waals surface area contributed by atoms with Crippen molar-refractivity contribution < 1.29 is 4.92 Å². The van der Waals surface area contributed by atoms with Crippen LogP contribution in [-0.4, -0.2) is 4.92 Å². The average molecular weight is 327 g/mol. The lowest BCUT2D eigenvalue weighted by atomic mass is 10.1. The van der Waals surface area contributed by atoms with Gasteiger partial charge in [-0.2, -0.15) is 11.3 Å². The zero-order valence-electron chi connectivity index (χ0n) is 9.59. The van der Waals surface area contributed by atoms with Crippen molar-refractivity contribution in [1.82, 2.24) is 0 Å². The van der Waals surface area contributed by atoms with E-state index >= 15 is 0 Å². The third-order valence-corrected chi connectivity index (χ3v) is 3.77. The van der Waals surface area contributed by atoms with E-state index in [1.807, 2.05) is 23.8 Å². The largest absolute Gasteiger partial charge is 0.373 e. The molecule has 6 heteroatoms. The van der Waals surface area contributed by atoms with E-state index in [1.54, 1.807) is 23.5 Å². The number of halogens is 1. The minimum Gasteiger partial charge on any atom is -0.373 e. The third-order valence-electron chi connectivity index (χ3n) is 2.57. The molecule has 1 aromatic carbocycles. The van der Waals surface area contributed by atoms with E-state index in [2.05, 4.69) is 21.2 Å². The number of nitrogens with one attached hydrogen (secondary N) is 1. The van der Waals surface area contributed by atoms with Crippen molar-refractivity contribution in [2.75, 3.05) is 5.32 Å². The van der Waals surface area contributed by atoms with Crippen LogP contribution in [0.25, 0.3) is 0 Å². The minimum absolute atomic E-state index is 0.0317. The van der Waals surface area contributed by atoms with Gasteiger partial charge in [-0.1, -0.05) is 15.9 Å². The van der Waals surface area contributed by atoms with Crippen molar-refractivity contribution in [3.63, 3.8) is 0 Å². The number of nitro groups is 1. The number of hydrogen-bond acceptors (Lipinski definition) is 4. The fourth-order valence-electron chi connectivity index (χ4n) is 1.62. The summed E-state index contributed by atoms with van der Waals surface area (Å²) in [6.45, 7) is 1.98. The van der Waals surface area contributed by atoms with Gasteiger partial charge in [-0.05, 0) is 41.4 Å². The summed E-state index contributed by atoms with van der Waals surface area (Å²) in [6.07, 6.45) is 0. The second kappa shape index (κ2) is 5.49. The maximum Gasteiger partial charge on any atom is 0.292 e. The molecular weight excluding hydrogens is 316 g/mol. The van der Waals surface area contributed by atoms with Crippen molar-refractivity contribution in [2.45, 2.75) is 13.0 Å². The van der Waals surface area contributed by atoms with Crippen molar-refractivity contribution in [2.24, 2.45) is 0 Å². The van der Waals surface area contributed by atoms with E-state index in [-0.39, 0.29) is 16.7 Å². The fourth-order valence-corrected chi connectivity index (χ4v) is 2.74. The molecule has 0 aliphatic carbocycles. The van der Waals surface area contributed by atoms with Gasteiger partial charge in [0.15, 0.2) is 0 Å². The van der Waals surface area contributed by atoms with Crippen molar-refractivity contribution in [1.29, 1.82) is 0 Å². The maximum atomic E-state index is 11.0. The summed E-state index contributed by atoms with van der Waals surface area (Å²) in [5.74, 6) is 0. The van der Waals surface area contributed by atoms with Gasteiger partial charge in [-0.15, -0.1) is 0 Å². The Morgan fingerprint density at radius 3 is 2.83 bits per heavy atom. The molecule has 4 nitrogen and oxygen atoms in total. The summed E-state index contributed by atoms with van der Waals surface area (Å²) in [7, 11) is 0. The molecule has 0 aliphatic heterocycles. The van der Waals surface area contributed by atoms with E-state index in [0.29, 0.717) is 5.69 Å². The number of thiophene rings is 1. The Morgan fingerprint density at radius 1 is 1.44 bits per heavy atom. The predicted molar refractivity (Wildman–Crippen MR) is 77.2 cm³/mol. The first-order valence-corrected chi connectivity index (χ1v) is 7.04. The van der Waals surface area contributed by atoms with Crippen LogP contribution in [0.5, 0.6) is 0 Å². The van der Waals surface area contributed by atoms with Gasteiger partial charge in [0.25, 0.3) is 5.69 Å². The molecule has 0 saturated carbocycles. The summed E-state index contributed by atoms with van der Waals surface area (Å²) < 4.78 is 0.813. The van der Waals surface area contributed by atoms with E-state index < -0.39 is 0 Å². The molecule has 1 N–H and O–H groups in total. The van der Waals surface area contributed by atoms with E-state index in [1.165, 1.54) is 6.07 Å². The number of nitrogens with zero attached hydrogens (tertiary/aromatic N) is 1. The van der Waals surface area contributed by atoms with Gasteiger partial charge in [-0.3, -0.25) is 10.1 Å². The maximum absolute atomic E-state index is 11.0. The number of anilines is 1. The number of benzene rings is 1. The predicted octanol–water partition coefficient (Wildman–Crippen LogP) is 4.59. The van der Waals surface area contributed by atoms with Gasteiger partial charge in [0, 0.05) is 16.6 Å². The first-order valence-electron chi connectivity index (χ1n) is 5.30. The molecule has 1 heterocycles. The SMILES string of the molecule is CC(Nc1cc(Br)ccc1[N+](=O)[O-])c1ccsc1. The van der Waals surface area contributed by atoms with E-state index in [4.69, 9.17) is 0 Å². The summed E-state index contributed by atoms with van der Waals surface area (Å²) >= 11 is 4.93. The molecular formula is C12H11BrN2O2S. The van der Waals surface area contributed by atoms with Gasteiger partial charge in [0.2, 0.25) is 0 Å². The molecule has 0 aliphatic rings. The Kier molecular flexibility index (Phi) is 3.98. The molecule has 94 valence electrons. The highest BCUT2D eigenvalue weighted by molar-refractivity contribution is 9.10. The molecule has 0 spiro atoms. The monoisotopic (exact) mass is 326 g/mol. The Bertz CT molecular complexity index is 557. The highest BCUT2D eigenvalue weighted by Gasteiger charge is 2.16.